The van der Waals surface area contributed by atoms with E-state index in [9.17, 15) is 19.2 Å². The zero-order valence-electron chi connectivity index (χ0n) is 25.8. The normalized spacial score (nSPS) is 26.6. The van der Waals surface area contributed by atoms with Gasteiger partial charge in [0.2, 0.25) is 11.8 Å². The largest absolute Gasteiger partial charge is 0.497 e. The van der Waals surface area contributed by atoms with E-state index in [1.807, 2.05) is 12.1 Å². The molecule has 3 aromatic carbocycles. The van der Waals surface area contributed by atoms with Crippen LogP contribution in [0.15, 0.2) is 76.6 Å². The molecule has 0 spiro atoms. The van der Waals surface area contributed by atoms with Crippen molar-refractivity contribution in [1.82, 2.24) is 4.98 Å². The number of thioether (sulfide) groups is 1. The molecule has 6 unspecified atom stereocenters. The van der Waals surface area contributed by atoms with Crippen LogP contribution in [0.3, 0.4) is 0 Å². The molecule has 1 aromatic heterocycles. The Morgan fingerprint density at radius 3 is 2.38 bits per heavy atom. The number of aromatic nitrogens is 1. The average molecular weight is 704 g/mol. The molecular weight excluding hydrogens is 674 g/mol. The number of carbonyl (C=O) groups excluding carboxylic acids is 3. The lowest BCUT2D eigenvalue weighted by atomic mass is 9.68. The smallest absolute Gasteiger partial charge is 0.305 e. The van der Waals surface area contributed by atoms with Crippen LogP contribution < -0.4 is 29.3 Å². The molecule has 246 valence electrons. The van der Waals surface area contributed by atoms with Crippen molar-refractivity contribution in [3.63, 3.8) is 0 Å². The summed E-state index contributed by atoms with van der Waals surface area (Å²) in [6.07, 6.45) is 0.779. The summed E-state index contributed by atoms with van der Waals surface area (Å²) in [6.45, 7) is -0.233. The molecule has 2 aliphatic heterocycles. The number of aromatic amines is 1. The van der Waals surface area contributed by atoms with Crippen molar-refractivity contribution in [2.45, 2.75) is 22.6 Å². The van der Waals surface area contributed by atoms with E-state index in [0.29, 0.717) is 33.6 Å². The Morgan fingerprint density at radius 2 is 1.67 bits per heavy atom. The maximum absolute atomic E-state index is 14.0. The minimum absolute atomic E-state index is 0.00322. The summed E-state index contributed by atoms with van der Waals surface area (Å²) in [5, 5.41) is 4.20. The van der Waals surface area contributed by atoms with E-state index < -0.39 is 11.8 Å². The quantitative estimate of drug-likeness (QED) is 0.221. The van der Waals surface area contributed by atoms with Gasteiger partial charge in [-0.15, -0.1) is 11.8 Å². The number of nitrogens with one attached hydrogen (secondary N) is 2. The van der Waals surface area contributed by atoms with Gasteiger partial charge in [-0.2, -0.15) is 0 Å². The van der Waals surface area contributed by atoms with E-state index in [1.54, 1.807) is 80.6 Å². The maximum Gasteiger partial charge on any atom is 0.305 e. The topological polar surface area (TPSA) is 127 Å². The summed E-state index contributed by atoms with van der Waals surface area (Å²) in [5.74, 6) is -0.143. The first kappa shape index (κ1) is 31.0. The third-order valence-electron chi connectivity index (χ3n) is 10.1. The number of nitrogens with zero attached hydrogens (tertiary/aromatic N) is 1. The summed E-state index contributed by atoms with van der Waals surface area (Å²) in [6, 6.07) is 19.4. The standard InChI is InChI=1S/C35H30ClN3O7S2/c1-44-20-10-6-18(7-11-20)37-25(40)15-46-23-12-3-16(13-24(23)45-2)26-27-21-14-22(30(27)47-32-31(26)48-35(43)38-32)29-28(21)33(41)39(34(29)42)19-8-4-17(36)5-9-19/h3-13,21-22,26-30H,14-15H2,1-2H3,(H,37,40)(H,38,43)/t21?,22?,26-,27?,28?,29?,30?/m1/s1. The van der Waals surface area contributed by atoms with Crippen LogP contribution in [-0.2, 0) is 14.4 Å². The van der Waals surface area contributed by atoms with E-state index in [0.717, 1.165) is 21.9 Å². The number of imide groups is 1. The number of amides is 3. The fraction of sp³-hybridized carbons (Fsp3) is 0.314. The van der Waals surface area contributed by atoms with Crippen LogP contribution in [0.4, 0.5) is 11.4 Å². The molecule has 2 aliphatic carbocycles. The highest BCUT2D eigenvalue weighted by Crippen LogP contribution is 2.68. The second-order valence-corrected chi connectivity index (χ2v) is 15.1. The van der Waals surface area contributed by atoms with Crippen molar-refractivity contribution in [2.24, 2.45) is 29.6 Å². The SMILES string of the molecule is COc1ccc(NC(=O)COc2ccc([C@H]3c4sc(=O)[nH]c4SC4C5CC(C6C(=O)N(c7ccc(Cl)cc7)C(=O)C56)C43)cc2OC)cc1. The summed E-state index contributed by atoms with van der Waals surface area (Å²) in [5.41, 5.74) is 2.07. The molecule has 3 fully saturated rings. The monoisotopic (exact) mass is 703 g/mol. The Hall–Kier alpha value is -4.26. The van der Waals surface area contributed by atoms with Crippen molar-refractivity contribution in [3.05, 3.63) is 91.9 Å². The number of H-pyrrole nitrogens is 1. The third kappa shape index (κ3) is 5.00. The summed E-state index contributed by atoms with van der Waals surface area (Å²) >= 11 is 8.92. The number of ether oxygens (including phenoxy) is 3. The third-order valence-corrected chi connectivity index (χ3v) is 12.9. The van der Waals surface area contributed by atoms with Crippen LogP contribution in [0.5, 0.6) is 17.2 Å². The lowest BCUT2D eigenvalue weighted by Crippen LogP contribution is -2.42. The molecular formula is C35H30ClN3O7S2. The molecule has 3 heterocycles. The van der Waals surface area contributed by atoms with Crippen molar-refractivity contribution >= 4 is 63.8 Å². The molecule has 2 N–H and O–H groups in total. The van der Waals surface area contributed by atoms with Gasteiger partial charge in [-0.1, -0.05) is 29.0 Å². The zero-order valence-corrected chi connectivity index (χ0v) is 28.2. The molecule has 3 amide bonds. The molecule has 10 nitrogen and oxygen atoms in total. The zero-order chi connectivity index (χ0) is 33.3. The molecule has 2 saturated carbocycles. The highest BCUT2D eigenvalue weighted by atomic mass is 35.5. The fourth-order valence-corrected chi connectivity index (χ4v) is 11.3. The van der Waals surface area contributed by atoms with Gasteiger partial charge in [0, 0.05) is 26.8 Å². The number of methoxy groups -OCH3 is 2. The summed E-state index contributed by atoms with van der Waals surface area (Å²) in [7, 11) is 3.12. The molecule has 4 aromatic rings. The van der Waals surface area contributed by atoms with E-state index in [-0.39, 0.29) is 58.1 Å². The number of thiazole rings is 1. The van der Waals surface area contributed by atoms with Gasteiger partial charge >= 0.3 is 4.87 Å². The molecule has 8 rings (SSSR count). The second-order valence-electron chi connectivity index (χ2n) is 12.4. The van der Waals surface area contributed by atoms with Gasteiger partial charge in [0.15, 0.2) is 18.1 Å². The number of anilines is 2. The van der Waals surface area contributed by atoms with Crippen molar-refractivity contribution in [3.8, 4) is 17.2 Å². The number of carbonyl (C=O) groups is 3. The number of hydrogen-bond donors (Lipinski definition) is 2. The molecule has 0 radical (unpaired) electrons. The first-order valence-electron chi connectivity index (χ1n) is 15.5. The molecule has 7 atom stereocenters. The Bertz CT molecular complexity index is 2000. The molecule has 48 heavy (non-hydrogen) atoms. The highest BCUT2D eigenvalue weighted by molar-refractivity contribution is 8.00. The summed E-state index contributed by atoms with van der Waals surface area (Å²) < 4.78 is 16.8. The summed E-state index contributed by atoms with van der Waals surface area (Å²) in [4.78, 5) is 58.3. The average Bonchev–Trinajstić information content (AvgIpc) is 3.83. The van der Waals surface area contributed by atoms with Crippen molar-refractivity contribution in [2.75, 3.05) is 31.0 Å². The van der Waals surface area contributed by atoms with E-state index in [4.69, 9.17) is 25.8 Å². The van der Waals surface area contributed by atoms with Gasteiger partial charge in [0.05, 0.1) is 36.8 Å². The van der Waals surface area contributed by atoms with Crippen LogP contribution in [0.25, 0.3) is 0 Å². The van der Waals surface area contributed by atoms with Gasteiger partial charge in [0.25, 0.3) is 5.91 Å². The molecule has 4 aliphatic rings. The van der Waals surface area contributed by atoms with Crippen LogP contribution in [0.1, 0.15) is 22.8 Å². The van der Waals surface area contributed by atoms with Gasteiger partial charge in [-0.05, 0) is 90.4 Å². The number of fused-ring (bicyclic) bond motifs is 9. The Labute approximate surface area is 288 Å². The minimum atomic E-state index is -0.423. The molecule has 13 heteroatoms. The predicted molar refractivity (Wildman–Crippen MR) is 183 cm³/mol. The number of halogens is 1. The Balaban J connectivity index is 1.07. The lowest BCUT2D eigenvalue weighted by Gasteiger charge is -2.43. The lowest BCUT2D eigenvalue weighted by molar-refractivity contribution is -0.123. The predicted octanol–water partition coefficient (Wildman–Crippen LogP) is 5.80. The van der Waals surface area contributed by atoms with Crippen LogP contribution >= 0.6 is 34.7 Å². The van der Waals surface area contributed by atoms with E-state index in [1.165, 1.54) is 16.2 Å². The van der Waals surface area contributed by atoms with Crippen molar-refractivity contribution in [1.29, 1.82) is 0 Å². The van der Waals surface area contributed by atoms with Crippen LogP contribution in [-0.4, -0.2) is 48.8 Å². The first-order chi connectivity index (χ1) is 23.2. The number of rotatable bonds is 8. The Kier molecular flexibility index (Phi) is 7.77. The van der Waals surface area contributed by atoms with Crippen LogP contribution in [0.2, 0.25) is 5.02 Å². The molecule has 1 saturated heterocycles. The molecule has 2 bridgehead atoms. The first-order valence-corrected chi connectivity index (χ1v) is 17.6. The van der Waals surface area contributed by atoms with Gasteiger partial charge in [-0.3, -0.25) is 24.1 Å². The van der Waals surface area contributed by atoms with Gasteiger partial charge in [0.1, 0.15) is 5.75 Å². The maximum atomic E-state index is 14.0. The number of benzene rings is 3. The second kappa shape index (κ2) is 12.0. The van der Waals surface area contributed by atoms with E-state index in [2.05, 4.69) is 10.3 Å². The minimum Gasteiger partial charge on any atom is -0.497 e. The highest BCUT2D eigenvalue weighted by Gasteiger charge is 2.69. The number of hydrogen-bond acceptors (Lipinski definition) is 9. The van der Waals surface area contributed by atoms with Crippen LogP contribution in [0, 0.1) is 29.6 Å². The Morgan fingerprint density at radius 1 is 0.938 bits per heavy atom. The van der Waals surface area contributed by atoms with Gasteiger partial charge < -0.3 is 24.5 Å². The van der Waals surface area contributed by atoms with Crippen molar-refractivity contribution < 1.29 is 28.6 Å². The van der Waals surface area contributed by atoms with E-state index >= 15 is 0 Å². The van der Waals surface area contributed by atoms with Gasteiger partial charge in [-0.25, -0.2) is 0 Å². The fourth-order valence-electron chi connectivity index (χ4n) is 8.25.